The monoisotopic (exact) mass is 320 g/mol. The molecule has 0 heterocycles. The molecule has 0 aliphatic heterocycles. The Bertz CT molecular complexity index is 789. The Balaban J connectivity index is 2.47. The van der Waals surface area contributed by atoms with Crippen LogP contribution in [0.2, 0.25) is 0 Å². The molecule has 3 N–H and O–H groups in total. The highest BCUT2D eigenvalue weighted by Gasteiger charge is 2.20. The predicted molar refractivity (Wildman–Crippen MR) is 67.9 cm³/mol. The number of nitrogen functional groups attached to an aromatic ring is 1. The summed E-state index contributed by atoms with van der Waals surface area (Å²) < 4.78 is 78.1. The first-order valence-corrected chi connectivity index (χ1v) is 6.91. The van der Waals surface area contributed by atoms with Crippen molar-refractivity contribution >= 4 is 21.4 Å². The van der Waals surface area contributed by atoms with Gasteiger partial charge in [-0.3, -0.25) is 4.72 Å². The van der Waals surface area contributed by atoms with Crippen molar-refractivity contribution < 1.29 is 26.0 Å². The van der Waals surface area contributed by atoms with E-state index in [1.165, 1.54) is 0 Å². The summed E-state index contributed by atoms with van der Waals surface area (Å²) in [4.78, 5) is -0.607. The van der Waals surface area contributed by atoms with Gasteiger partial charge in [-0.2, -0.15) is 0 Å². The third-order valence-electron chi connectivity index (χ3n) is 2.44. The quantitative estimate of drug-likeness (QED) is 0.519. The molecule has 0 radical (unpaired) electrons. The summed E-state index contributed by atoms with van der Waals surface area (Å²) in [7, 11) is -4.46. The van der Waals surface area contributed by atoms with Gasteiger partial charge in [0.25, 0.3) is 10.0 Å². The van der Waals surface area contributed by atoms with E-state index in [2.05, 4.69) is 0 Å². The highest BCUT2D eigenvalue weighted by molar-refractivity contribution is 7.92. The molecule has 0 aromatic heterocycles. The van der Waals surface area contributed by atoms with E-state index in [0.29, 0.717) is 12.1 Å². The van der Waals surface area contributed by atoms with Gasteiger partial charge in [-0.15, -0.1) is 0 Å². The SMILES string of the molecule is Nc1cc(F)cc(S(=O)(=O)Nc2cc(F)cc(F)c2F)c1. The van der Waals surface area contributed by atoms with Crippen LogP contribution in [-0.4, -0.2) is 8.42 Å². The van der Waals surface area contributed by atoms with E-state index in [4.69, 9.17) is 5.73 Å². The second-order valence-electron chi connectivity index (χ2n) is 4.07. The fourth-order valence-electron chi connectivity index (χ4n) is 1.57. The lowest BCUT2D eigenvalue weighted by Crippen LogP contribution is -2.15. The maximum absolute atomic E-state index is 13.4. The Labute approximate surface area is 117 Å². The van der Waals surface area contributed by atoms with Gasteiger partial charge < -0.3 is 5.73 Å². The Morgan fingerprint density at radius 3 is 2.14 bits per heavy atom. The van der Waals surface area contributed by atoms with Gasteiger partial charge in [-0.1, -0.05) is 0 Å². The molecule has 0 atom stereocenters. The summed E-state index contributed by atoms with van der Waals surface area (Å²) in [5, 5.41) is 0. The van der Waals surface area contributed by atoms with Crippen molar-refractivity contribution in [1.29, 1.82) is 0 Å². The molecule has 0 aliphatic carbocycles. The van der Waals surface area contributed by atoms with Gasteiger partial charge in [0.05, 0.1) is 10.6 Å². The first-order chi connectivity index (χ1) is 9.69. The number of nitrogens with one attached hydrogen (secondary N) is 1. The number of anilines is 2. The van der Waals surface area contributed by atoms with Gasteiger partial charge in [-0.05, 0) is 18.2 Å². The molecule has 21 heavy (non-hydrogen) atoms. The summed E-state index contributed by atoms with van der Waals surface area (Å²) in [6.07, 6.45) is 0. The summed E-state index contributed by atoms with van der Waals surface area (Å²) in [6.45, 7) is 0. The molecule has 4 nitrogen and oxygen atoms in total. The molecule has 2 rings (SSSR count). The van der Waals surface area contributed by atoms with E-state index in [-0.39, 0.29) is 11.8 Å². The van der Waals surface area contributed by atoms with Crippen LogP contribution in [0.4, 0.5) is 28.9 Å². The van der Waals surface area contributed by atoms with Gasteiger partial charge in [-0.25, -0.2) is 26.0 Å². The summed E-state index contributed by atoms with van der Waals surface area (Å²) in [5.41, 5.74) is 4.19. The minimum Gasteiger partial charge on any atom is -0.399 e. The van der Waals surface area contributed by atoms with E-state index >= 15 is 0 Å². The van der Waals surface area contributed by atoms with Gasteiger partial charge in [0.2, 0.25) is 0 Å². The standard InChI is InChI=1S/C12H8F4N2O2S/c13-6-1-8(17)5-9(2-6)21(19,20)18-11-4-7(14)3-10(15)12(11)16/h1-5,18H,17H2. The number of hydrogen-bond donors (Lipinski definition) is 2. The zero-order valence-corrected chi connectivity index (χ0v) is 11.0. The second kappa shape index (κ2) is 5.24. The first kappa shape index (κ1) is 15.1. The fraction of sp³-hybridized carbons (Fsp3) is 0. The van der Waals surface area contributed by atoms with Crippen molar-refractivity contribution in [2.24, 2.45) is 0 Å². The predicted octanol–water partition coefficient (Wildman–Crippen LogP) is 2.63. The van der Waals surface area contributed by atoms with Gasteiger partial charge >= 0.3 is 0 Å². The largest absolute Gasteiger partial charge is 0.399 e. The van der Waals surface area contributed by atoms with Crippen molar-refractivity contribution in [2.45, 2.75) is 4.90 Å². The Hall–Kier alpha value is -2.29. The average Bonchev–Trinajstić information content (AvgIpc) is 2.33. The minimum atomic E-state index is -4.46. The maximum atomic E-state index is 13.4. The lowest BCUT2D eigenvalue weighted by atomic mass is 10.3. The third-order valence-corrected chi connectivity index (χ3v) is 3.79. The van der Waals surface area contributed by atoms with Crippen LogP contribution in [0.25, 0.3) is 0 Å². The zero-order valence-electron chi connectivity index (χ0n) is 10.2. The Morgan fingerprint density at radius 2 is 1.52 bits per heavy atom. The lowest BCUT2D eigenvalue weighted by Gasteiger charge is -2.10. The maximum Gasteiger partial charge on any atom is 0.262 e. The van der Waals surface area contributed by atoms with Crippen LogP contribution in [0.15, 0.2) is 35.2 Å². The molecule has 0 saturated heterocycles. The summed E-state index contributed by atoms with van der Waals surface area (Å²) >= 11 is 0. The highest BCUT2D eigenvalue weighted by Crippen LogP contribution is 2.24. The van der Waals surface area contributed by atoms with Crippen LogP contribution in [0, 0.1) is 23.3 Å². The van der Waals surface area contributed by atoms with Crippen LogP contribution in [-0.2, 0) is 10.0 Å². The first-order valence-electron chi connectivity index (χ1n) is 5.42. The molecule has 0 saturated carbocycles. The van der Waals surface area contributed by atoms with E-state index < -0.39 is 43.9 Å². The van der Waals surface area contributed by atoms with Crippen molar-refractivity contribution in [3.63, 3.8) is 0 Å². The minimum absolute atomic E-state index is 0.179. The van der Waals surface area contributed by atoms with Crippen molar-refractivity contribution in [3.8, 4) is 0 Å². The molecular weight excluding hydrogens is 312 g/mol. The summed E-state index contributed by atoms with van der Waals surface area (Å²) in [6, 6.07) is 3.14. The van der Waals surface area contributed by atoms with Gasteiger partial charge in [0.15, 0.2) is 11.6 Å². The lowest BCUT2D eigenvalue weighted by molar-refractivity contribution is 0.498. The molecule has 0 spiro atoms. The second-order valence-corrected chi connectivity index (χ2v) is 5.76. The van der Waals surface area contributed by atoms with Crippen molar-refractivity contribution in [2.75, 3.05) is 10.5 Å². The van der Waals surface area contributed by atoms with Crippen molar-refractivity contribution in [1.82, 2.24) is 0 Å². The highest BCUT2D eigenvalue weighted by atomic mass is 32.2. The number of hydrogen-bond acceptors (Lipinski definition) is 3. The molecular formula is C12H8F4N2O2S. The van der Waals surface area contributed by atoms with E-state index in [1.807, 2.05) is 0 Å². The molecule has 0 fully saturated rings. The van der Waals surface area contributed by atoms with Crippen LogP contribution < -0.4 is 10.5 Å². The Kier molecular flexibility index (Phi) is 3.77. The van der Waals surface area contributed by atoms with Crippen LogP contribution in [0.5, 0.6) is 0 Å². The van der Waals surface area contributed by atoms with E-state index in [1.54, 1.807) is 4.72 Å². The van der Waals surface area contributed by atoms with Crippen molar-refractivity contribution in [3.05, 3.63) is 53.6 Å². The molecule has 0 unspecified atom stereocenters. The molecule has 0 amide bonds. The van der Waals surface area contributed by atoms with Crippen LogP contribution in [0.3, 0.4) is 0 Å². The molecule has 2 aromatic carbocycles. The smallest absolute Gasteiger partial charge is 0.262 e. The zero-order chi connectivity index (χ0) is 15.8. The number of sulfonamides is 1. The molecule has 0 aliphatic rings. The van der Waals surface area contributed by atoms with E-state index in [9.17, 15) is 26.0 Å². The molecule has 2 aromatic rings. The topological polar surface area (TPSA) is 72.2 Å². The third kappa shape index (κ3) is 3.24. The number of halogens is 4. The number of benzene rings is 2. The number of nitrogens with two attached hydrogens (primary N) is 1. The van der Waals surface area contributed by atoms with E-state index in [0.717, 1.165) is 12.1 Å². The molecule has 0 bridgehead atoms. The normalized spacial score (nSPS) is 11.4. The molecule has 9 heteroatoms. The van der Waals surface area contributed by atoms with Gasteiger partial charge in [0.1, 0.15) is 11.6 Å². The van der Waals surface area contributed by atoms with Gasteiger partial charge in [0, 0.05) is 17.8 Å². The van der Waals surface area contributed by atoms with Crippen LogP contribution >= 0.6 is 0 Å². The fourth-order valence-corrected chi connectivity index (χ4v) is 2.69. The average molecular weight is 320 g/mol. The number of rotatable bonds is 3. The Morgan fingerprint density at radius 1 is 0.905 bits per heavy atom. The van der Waals surface area contributed by atoms with Crippen LogP contribution in [0.1, 0.15) is 0 Å². The molecule has 112 valence electrons. The summed E-state index contributed by atoms with van der Waals surface area (Å²) in [5.74, 6) is -5.25.